The number of unbranched alkanes of at least 4 members (excludes halogenated alkanes) is 1. The molecule has 0 radical (unpaired) electrons. The molecule has 5 aromatic rings. The van der Waals surface area contributed by atoms with Crippen LogP contribution >= 0.6 is 0 Å². The van der Waals surface area contributed by atoms with Crippen LogP contribution in [-0.4, -0.2) is 28.2 Å². The van der Waals surface area contributed by atoms with Gasteiger partial charge in [-0.05, 0) is 25.0 Å². The Morgan fingerprint density at radius 2 is 1.64 bits per heavy atom. The minimum atomic E-state index is -0.430. The van der Waals surface area contributed by atoms with Crippen LogP contribution < -0.4 is 11.2 Å². The topological polar surface area (TPSA) is 86.5 Å². The molecule has 8 nitrogen and oxygen atoms in total. The van der Waals surface area contributed by atoms with Crippen LogP contribution in [0.15, 0.2) is 64.2 Å². The molecule has 0 aliphatic rings. The number of aromatic hydroxyl groups is 1. The van der Waals surface area contributed by atoms with E-state index in [-0.39, 0.29) is 5.75 Å². The number of imidazole rings is 2. The fraction of sp³-hybridized carbons (Fsp3) is 0.240. The third-order valence-electron chi connectivity index (χ3n) is 6.14. The van der Waals surface area contributed by atoms with E-state index < -0.39 is 11.2 Å². The lowest BCUT2D eigenvalue weighted by Crippen LogP contribution is -2.37. The maximum absolute atomic E-state index is 13.3. The van der Waals surface area contributed by atoms with Crippen LogP contribution in [0.1, 0.15) is 25.5 Å². The number of phenols is 1. The van der Waals surface area contributed by atoms with Crippen LogP contribution in [-0.2, 0) is 20.5 Å². The summed E-state index contributed by atoms with van der Waals surface area (Å²) in [6, 6.07) is 17.0. The fourth-order valence-corrected chi connectivity index (χ4v) is 4.47. The molecule has 168 valence electrons. The number of rotatable bonds is 5. The van der Waals surface area contributed by atoms with E-state index in [0.717, 1.165) is 34.4 Å². The summed E-state index contributed by atoms with van der Waals surface area (Å²) in [6.45, 7) is 2.12. The van der Waals surface area contributed by atoms with E-state index in [1.807, 2.05) is 51.4 Å². The van der Waals surface area contributed by atoms with Gasteiger partial charge in [0.25, 0.3) is 5.56 Å². The van der Waals surface area contributed by atoms with Crippen molar-refractivity contribution in [3.05, 3.63) is 81.1 Å². The van der Waals surface area contributed by atoms with Gasteiger partial charge in [0, 0.05) is 19.7 Å². The molecule has 0 saturated heterocycles. The van der Waals surface area contributed by atoms with Crippen molar-refractivity contribution in [2.75, 3.05) is 0 Å². The summed E-state index contributed by atoms with van der Waals surface area (Å²) in [7, 11) is 3.10. The van der Waals surface area contributed by atoms with Gasteiger partial charge in [-0.25, -0.2) is 4.79 Å². The number of fused-ring (bicyclic) bond motifs is 3. The van der Waals surface area contributed by atoms with Gasteiger partial charge in [-0.1, -0.05) is 55.8 Å². The van der Waals surface area contributed by atoms with Crippen molar-refractivity contribution in [2.24, 2.45) is 14.1 Å². The van der Waals surface area contributed by atoms with Gasteiger partial charge in [0.15, 0.2) is 11.2 Å². The lowest BCUT2D eigenvalue weighted by Gasteiger charge is -2.13. The number of para-hydroxylation sites is 2. The lowest BCUT2D eigenvalue weighted by atomic mass is 10.1. The Morgan fingerprint density at radius 1 is 0.939 bits per heavy atom. The summed E-state index contributed by atoms with van der Waals surface area (Å²) in [5, 5.41) is 10.8. The second kappa shape index (κ2) is 7.81. The zero-order chi connectivity index (χ0) is 23.3. The summed E-state index contributed by atoms with van der Waals surface area (Å²) in [4.78, 5) is 30.7. The molecule has 0 aliphatic carbocycles. The summed E-state index contributed by atoms with van der Waals surface area (Å²) < 4.78 is 6.26. The Hall–Kier alpha value is -4.07. The Labute approximate surface area is 189 Å². The largest absolute Gasteiger partial charge is 0.506 e. The van der Waals surface area contributed by atoms with Crippen molar-refractivity contribution >= 4 is 16.9 Å². The molecule has 0 aliphatic heterocycles. The third kappa shape index (κ3) is 3.01. The van der Waals surface area contributed by atoms with Crippen LogP contribution in [0.5, 0.6) is 5.75 Å². The predicted molar refractivity (Wildman–Crippen MR) is 128 cm³/mol. The average Bonchev–Trinajstić information content (AvgIpc) is 3.36. The van der Waals surface area contributed by atoms with Crippen LogP contribution in [0, 0.1) is 0 Å². The molecular weight excluding hydrogens is 418 g/mol. The monoisotopic (exact) mass is 443 g/mol. The Bertz CT molecular complexity index is 1620. The van der Waals surface area contributed by atoms with E-state index >= 15 is 0 Å². The molecular formula is C25H25N5O3. The molecule has 2 aromatic carbocycles. The first kappa shape index (κ1) is 20.8. The van der Waals surface area contributed by atoms with Gasteiger partial charge in [-0.2, -0.15) is 4.98 Å². The molecule has 3 aromatic heterocycles. The molecule has 0 saturated carbocycles. The zero-order valence-corrected chi connectivity index (χ0v) is 18.8. The number of hydrogen-bond acceptors (Lipinski definition) is 4. The van der Waals surface area contributed by atoms with Crippen molar-refractivity contribution in [3.63, 3.8) is 0 Å². The van der Waals surface area contributed by atoms with E-state index in [2.05, 4.69) is 6.92 Å². The van der Waals surface area contributed by atoms with Gasteiger partial charge in [-0.3, -0.25) is 22.9 Å². The van der Waals surface area contributed by atoms with E-state index in [1.165, 1.54) is 11.6 Å². The molecule has 0 spiro atoms. The Kier molecular flexibility index (Phi) is 4.92. The molecule has 5 rings (SSSR count). The van der Waals surface area contributed by atoms with Crippen LogP contribution in [0.3, 0.4) is 0 Å². The van der Waals surface area contributed by atoms with Gasteiger partial charge in [0.2, 0.25) is 5.78 Å². The first-order valence-electron chi connectivity index (χ1n) is 11.0. The Morgan fingerprint density at radius 3 is 2.33 bits per heavy atom. The standard InChI is InChI=1S/C25H25N5O3/c1-4-5-13-18-20(16-11-7-6-8-12-16)29(17-14-9-10-15-19(17)31)24-26-22-21(30(18)24)23(32)28(3)25(33)27(22)2/h6-12,14-15,31H,4-5,13H2,1-3H3. The van der Waals surface area contributed by atoms with Crippen LogP contribution in [0.2, 0.25) is 0 Å². The van der Waals surface area contributed by atoms with E-state index in [0.29, 0.717) is 29.0 Å². The summed E-state index contributed by atoms with van der Waals surface area (Å²) in [5.74, 6) is 0.581. The maximum Gasteiger partial charge on any atom is 0.332 e. The van der Waals surface area contributed by atoms with Crippen molar-refractivity contribution in [1.82, 2.24) is 23.1 Å². The second-order valence-corrected chi connectivity index (χ2v) is 8.21. The molecule has 0 bridgehead atoms. The van der Waals surface area contributed by atoms with Crippen molar-refractivity contribution in [3.8, 4) is 22.7 Å². The summed E-state index contributed by atoms with van der Waals surface area (Å²) in [6.07, 6.45) is 2.58. The van der Waals surface area contributed by atoms with Crippen LogP contribution in [0.4, 0.5) is 0 Å². The smallest absolute Gasteiger partial charge is 0.332 e. The fourth-order valence-electron chi connectivity index (χ4n) is 4.47. The number of nitrogens with zero attached hydrogens (tertiary/aromatic N) is 5. The molecule has 33 heavy (non-hydrogen) atoms. The molecule has 8 heteroatoms. The molecule has 0 atom stereocenters. The van der Waals surface area contributed by atoms with E-state index in [9.17, 15) is 14.7 Å². The number of aryl methyl sites for hydroxylation is 2. The highest BCUT2D eigenvalue weighted by Gasteiger charge is 2.27. The van der Waals surface area contributed by atoms with Gasteiger partial charge < -0.3 is 5.11 Å². The first-order chi connectivity index (χ1) is 16.0. The van der Waals surface area contributed by atoms with E-state index in [4.69, 9.17) is 4.98 Å². The van der Waals surface area contributed by atoms with Gasteiger partial charge in [0.05, 0.1) is 17.1 Å². The molecule has 1 N–H and O–H groups in total. The summed E-state index contributed by atoms with van der Waals surface area (Å²) >= 11 is 0. The minimum Gasteiger partial charge on any atom is -0.506 e. The predicted octanol–water partition coefficient (Wildman–Crippen LogP) is 3.39. The van der Waals surface area contributed by atoms with Crippen molar-refractivity contribution in [1.29, 1.82) is 0 Å². The highest BCUT2D eigenvalue weighted by molar-refractivity contribution is 5.82. The first-order valence-corrected chi connectivity index (χ1v) is 11.0. The lowest BCUT2D eigenvalue weighted by molar-refractivity contribution is 0.472. The quantitative estimate of drug-likeness (QED) is 0.451. The van der Waals surface area contributed by atoms with E-state index in [1.54, 1.807) is 19.2 Å². The maximum atomic E-state index is 13.3. The SMILES string of the molecule is CCCCc1c(-c2ccccc2)n(-c2ccccc2O)c2nc3c(c(=O)n(C)c(=O)n3C)n12. The molecule has 0 fully saturated rings. The number of benzene rings is 2. The Balaban J connectivity index is 2.06. The number of aromatic nitrogens is 5. The highest BCUT2D eigenvalue weighted by atomic mass is 16.3. The normalized spacial score (nSPS) is 11.6. The highest BCUT2D eigenvalue weighted by Crippen LogP contribution is 2.36. The summed E-state index contributed by atoms with van der Waals surface area (Å²) in [5.41, 5.74) is 3.14. The minimum absolute atomic E-state index is 0.100. The van der Waals surface area contributed by atoms with Gasteiger partial charge in [-0.15, -0.1) is 0 Å². The van der Waals surface area contributed by atoms with Gasteiger partial charge >= 0.3 is 5.69 Å². The molecule has 0 amide bonds. The number of hydrogen-bond donors (Lipinski definition) is 1. The van der Waals surface area contributed by atoms with Gasteiger partial charge in [0.1, 0.15) is 5.75 Å². The zero-order valence-electron chi connectivity index (χ0n) is 18.8. The van der Waals surface area contributed by atoms with Crippen molar-refractivity contribution in [2.45, 2.75) is 26.2 Å². The third-order valence-corrected chi connectivity index (χ3v) is 6.14. The average molecular weight is 444 g/mol. The molecule has 0 unspecified atom stereocenters. The van der Waals surface area contributed by atoms with Crippen LogP contribution in [0.25, 0.3) is 33.9 Å². The van der Waals surface area contributed by atoms with Crippen molar-refractivity contribution < 1.29 is 5.11 Å². The number of phenolic OH excluding ortho intramolecular Hbond substituents is 1. The molecule has 3 heterocycles. The second-order valence-electron chi connectivity index (χ2n) is 8.21.